The third-order valence-electron chi connectivity index (χ3n) is 4.88. The third-order valence-corrected chi connectivity index (χ3v) is 5.62. The highest BCUT2D eigenvalue weighted by Gasteiger charge is 2.29. The quantitative estimate of drug-likeness (QED) is 0.708. The zero-order valence-corrected chi connectivity index (χ0v) is 15.3. The highest BCUT2D eigenvalue weighted by molar-refractivity contribution is 6.42. The van der Waals surface area contributed by atoms with Crippen molar-refractivity contribution in [2.75, 3.05) is 0 Å². The van der Waals surface area contributed by atoms with E-state index in [1.54, 1.807) is 4.68 Å². The van der Waals surface area contributed by atoms with Gasteiger partial charge >= 0.3 is 0 Å². The fraction of sp³-hybridized carbons (Fsp3) is 0.263. The minimum Gasteiger partial charge on any atom is -0.324 e. The molecule has 3 aromatic rings. The van der Waals surface area contributed by atoms with Crippen molar-refractivity contribution >= 4 is 23.2 Å². The molecule has 0 aliphatic heterocycles. The maximum atomic E-state index is 6.40. The largest absolute Gasteiger partial charge is 0.324 e. The number of aryl methyl sites for hydroxylation is 1. The van der Waals surface area contributed by atoms with E-state index in [1.165, 1.54) is 11.1 Å². The lowest BCUT2D eigenvalue weighted by Gasteiger charge is -2.32. The van der Waals surface area contributed by atoms with Crippen molar-refractivity contribution in [2.45, 2.75) is 24.8 Å². The molecule has 25 heavy (non-hydrogen) atoms. The lowest BCUT2D eigenvalue weighted by atomic mass is 9.74. The number of hydrogen-bond acceptors (Lipinski definition) is 3. The topological polar surface area (TPSA) is 56.7 Å². The predicted octanol–water partition coefficient (Wildman–Crippen LogP) is 4.71. The van der Waals surface area contributed by atoms with E-state index in [2.05, 4.69) is 22.4 Å². The van der Waals surface area contributed by atoms with E-state index in [0.29, 0.717) is 10.0 Å². The molecule has 0 spiro atoms. The lowest BCUT2D eigenvalue weighted by Crippen LogP contribution is -2.22. The molecular weight excluding hydrogens is 355 g/mol. The molecule has 4 rings (SSSR count). The number of fused-ring (bicyclic) bond motifs is 1. The van der Waals surface area contributed by atoms with Gasteiger partial charge in [-0.05, 0) is 41.7 Å². The Morgan fingerprint density at radius 1 is 1.12 bits per heavy atom. The standard InChI is InChI=1S/C19H18Cl2N4/c1-25-10-18(23-24-25)14-4-2-3-13-17(22)8-6-12(19(13)14)11-5-7-15(20)16(21)9-11/h2-5,7,9-10,12,17H,6,8,22H2,1H3. The Hall–Kier alpha value is -1.88. The van der Waals surface area contributed by atoms with Crippen LogP contribution in [0, 0.1) is 0 Å². The first-order chi connectivity index (χ1) is 12.0. The minimum atomic E-state index is 0.0330. The van der Waals surface area contributed by atoms with Gasteiger partial charge in [0.1, 0.15) is 5.69 Å². The van der Waals surface area contributed by atoms with E-state index in [1.807, 2.05) is 37.5 Å². The first-order valence-corrected chi connectivity index (χ1v) is 9.00. The molecule has 0 saturated carbocycles. The van der Waals surface area contributed by atoms with Gasteiger partial charge in [-0.25, -0.2) is 0 Å². The van der Waals surface area contributed by atoms with Crippen molar-refractivity contribution in [1.82, 2.24) is 15.0 Å². The van der Waals surface area contributed by atoms with Crippen molar-refractivity contribution < 1.29 is 0 Å². The Labute approximate surface area is 156 Å². The summed E-state index contributed by atoms with van der Waals surface area (Å²) in [5.41, 5.74) is 11.9. The third kappa shape index (κ3) is 2.95. The molecule has 1 aliphatic carbocycles. The van der Waals surface area contributed by atoms with E-state index in [0.717, 1.165) is 29.7 Å². The first kappa shape index (κ1) is 16.6. The predicted molar refractivity (Wildman–Crippen MR) is 101 cm³/mol. The van der Waals surface area contributed by atoms with Crippen LogP contribution in [0.3, 0.4) is 0 Å². The first-order valence-electron chi connectivity index (χ1n) is 8.24. The highest BCUT2D eigenvalue weighted by atomic mass is 35.5. The molecule has 6 heteroatoms. The Morgan fingerprint density at radius 3 is 2.68 bits per heavy atom. The average Bonchev–Trinajstić information content (AvgIpc) is 3.04. The van der Waals surface area contributed by atoms with Gasteiger partial charge in [0.25, 0.3) is 0 Å². The monoisotopic (exact) mass is 372 g/mol. The molecular formula is C19H18Cl2N4. The van der Waals surface area contributed by atoms with Gasteiger partial charge in [0.2, 0.25) is 0 Å². The van der Waals surface area contributed by atoms with Crippen LogP contribution < -0.4 is 5.73 Å². The van der Waals surface area contributed by atoms with Crippen LogP contribution in [-0.4, -0.2) is 15.0 Å². The normalized spacial score (nSPS) is 19.7. The fourth-order valence-electron chi connectivity index (χ4n) is 3.70. The summed E-state index contributed by atoms with van der Waals surface area (Å²) < 4.78 is 1.71. The van der Waals surface area contributed by atoms with E-state index < -0.39 is 0 Å². The van der Waals surface area contributed by atoms with Crippen LogP contribution in [0.15, 0.2) is 42.6 Å². The molecule has 0 radical (unpaired) electrons. The van der Waals surface area contributed by atoms with Gasteiger partial charge in [-0.1, -0.05) is 52.7 Å². The zero-order chi connectivity index (χ0) is 17.6. The molecule has 4 nitrogen and oxygen atoms in total. The van der Waals surface area contributed by atoms with Crippen molar-refractivity contribution in [3.05, 3.63) is 69.3 Å². The molecule has 2 unspecified atom stereocenters. The van der Waals surface area contributed by atoms with E-state index >= 15 is 0 Å². The maximum absolute atomic E-state index is 6.40. The molecule has 1 aliphatic rings. The number of nitrogens with two attached hydrogens (primary N) is 1. The van der Waals surface area contributed by atoms with Crippen LogP contribution in [0.25, 0.3) is 11.3 Å². The Bertz CT molecular complexity index is 935. The smallest absolute Gasteiger partial charge is 0.113 e. The molecule has 1 heterocycles. The van der Waals surface area contributed by atoms with E-state index in [9.17, 15) is 0 Å². The van der Waals surface area contributed by atoms with Gasteiger partial charge in [-0.2, -0.15) is 0 Å². The van der Waals surface area contributed by atoms with Gasteiger partial charge in [0, 0.05) is 24.6 Å². The summed E-state index contributed by atoms with van der Waals surface area (Å²) in [6.07, 6.45) is 3.83. The Balaban J connectivity index is 1.91. The summed E-state index contributed by atoms with van der Waals surface area (Å²) in [5.74, 6) is 0.211. The van der Waals surface area contributed by atoms with Gasteiger partial charge in [0.15, 0.2) is 0 Å². The molecule has 1 aromatic heterocycles. The number of benzene rings is 2. The van der Waals surface area contributed by atoms with E-state index in [4.69, 9.17) is 28.9 Å². The summed E-state index contributed by atoms with van der Waals surface area (Å²) in [4.78, 5) is 0. The Morgan fingerprint density at radius 2 is 1.96 bits per heavy atom. The van der Waals surface area contributed by atoms with Crippen molar-refractivity contribution in [2.24, 2.45) is 12.8 Å². The molecule has 0 bridgehead atoms. The fourth-order valence-corrected chi connectivity index (χ4v) is 4.00. The molecule has 0 saturated heterocycles. The van der Waals surface area contributed by atoms with Crippen LogP contribution in [0.1, 0.15) is 41.5 Å². The molecule has 2 atom stereocenters. The summed E-state index contributed by atoms with van der Waals surface area (Å²) >= 11 is 12.4. The molecule has 2 N–H and O–H groups in total. The highest BCUT2D eigenvalue weighted by Crippen LogP contribution is 2.45. The van der Waals surface area contributed by atoms with Crippen molar-refractivity contribution in [3.63, 3.8) is 0 Å². The zero-order valence-electron chi connectivity index (χ0n) is 13.8. The summed E-state index contributed by atoms with van der Waals surface area (Å²) in [6, 6.07) is 12.1. The number of nitrogens with zero attached hydrogens (tertiary/aromatic N) is 3. The summed E-state index contributed by atoms with van der Waals surface area (Å²) in [5, 5.41) is 9.53. The molecule has 0 amide bonds. The Kier molecular flexibility index (Phi) is 4.28. The van der Waals surface area contributed by atoms with Gasteiger partial charge < -0.3 is 5.73 Å². The van der Waals surface area contributed by atoms with Gasteiger partial charge in [0.05, 0.1) is 16.2 Å². The number of rotatable bonds is 2. The summed E-state index contributed by atoms with van der Waals surface area (Å²) in [7, 11) is 1.87. The second-order valence-electron chi connectivity index (χ2n) is 6.50. The minimum absolute atomic E-state index is 0.0330. The SMILES string of the molecule is Cn1cc(-c2cccc3c2C(c2ccc(Cl)c(Cl)c2)CCC3N)nn1. The average molecular weight is 373 g/mol. The second-order valence-corrected chi connectivity index (χ2v) is 7.31. The van der Waals surface area contributed by atoms with Crippen LogP contribution in [-0.2, 0) is 7.05 Å². The van der Waals surface area contributed by atoms with Gasteiger partial charge in [-0.15, -0.1) is 5.10 Å². The maximum Gasteiger partial charge on any atom is 0.113 e. The summed E-state index contributed by atoms with van der Waals surface area (Å²) in [6.45, 7) is 0. The van der Waals surface area contributed by atoms with Crippen LogP contribution >= 0.6 is 23.2 Å². The lowest BCUT2D eigenvalue weighted by molar-refractivity contribution is 0.531. The van der Waals surface area contributed by atoms with Crippen LogP contribution in [0.5, 0.6) is 0 Å². The molecule has 0 fully saturated rings. The number of aromatic nitrogens is 3. The van der Waals surface area contributed by atoms with Crippen molar-refractivity contribution in [1.29, 1.82) is 0 Å². The van der Waals surface area contributed by atoms with Gasteiger partial charge in [-0.3, -0.25) is 4.68 Å². The second kappa shape index (κ2) is 6.45. The number of hydrogen-bond donors (Lipinski definition) is 1. The molecule has 128 valence electrons. The van der Waals surface area contributed by atoms with Crippen LogP contribution in [0.2, 0.25) is 10.0 Å². The van der Waals surface area contributed by atoms with E-state index in [-0.39, 0.29) is 12.0 Å². The molecule has 2 aromatic carbocycles. The van der Waals surface area contributed by atoms with Crippen molar-refractivity contribution in [3.8, 4) is 11.3 Å². The van der Waals surface area contributed by atoms with Crippen LogP contribution in [0.4, 0.5) is 0 Å². The number of halogens is 2.